The Morgan fingerprint density at radius 3 is 2.57 bits per heavy atom. The van der Waals surface area contributed by atoms with Crippen molar-refractivity contribution in [3.8, 4) is 5.75 Å². The first-order chi connectivity index (χ1) is 13.6. The summed E-state index contributed by atoms with van der Waals surface area (Å²) in [6, 6.07) is 8.49. The summed E-state index contributed by atoms with van der Waals surface area (Å²) in [5.41, 5.74) is 1.40. The summed E-state index contributed by atoms with van der Waals surface area (Å²) in [6.07, 6.45) is 8.72. The van der Waals surface area contributed by atoms with Gasteiger partial charge in [-0.25, -0.2) is 0 Å². The molecule has 1 N–H and O–H groups in total. The van der Waals surface area contributed by atoms with Crippen molar-refractivity contribution in [3.63, 3.8) is 0 Å². The molecule has 2 rings (SSSR count). The Kier molecular flexibility index (Phi) is 9.35. The number of guanidine groups is 1. The van der Waals surface area contributed by atoms with E-state index in [2.05, 4.69) is 53.1 Å². The van der Waals surface area contributed by atoms with Gasteiger partial charge in [0.15, 0.2) is 5.96 Å². The molecule has 0 bridgehead atoms. The number of nitrogens with one attached hydrogen (secondary N) is 1. The number of ether oxygens (including phenoxy) is 2. The van der Waals surface area contributed by atoms with Crippen LogP contribution in [0.2, 0.25) is 0 Å². The smallest absolute Gasteiger partial charge is 0.193 e. The lowest BCUT2D eigenvalue weighted by atomic mass is 9.74. The van der Waals surface area contributed by atoms with Gasteiger partial charge in [-0.1, -0.05) is 24.6 Å². The third kappa shape index (κ3) is 6.26. The third-order valence-corrected chi connectivity index (χ3v) is 5.71. The van der Waals surface area contributed by atoms with Gasteiger partial charge in [-0.05, 0) is 49.8 Å². The highest BCUT2D eigenvalue weighted by Crippen LogP contribution is 2.35. The first-order valence-electron chi connectivity index (χ1n) is 10.4. The quantitative estimate of drug-likeness (QED) is 0.285. The van der Waals surface area contributed by atoms with Gasteiger partial charge < -0.3 is 19.7 Å². The molecule has 0 spiro atoms. The molecule has 1 saturated heterocycles. The van der Waals surface area contributed by atoms with Crippen LogP contribution in [0.4, 0.5) is 0 Å². The number of allylic oxidation sites excluding steroid dienone is 1. The van der Waals surface area contributed by atoms with E-state index >= 15 is 0 Å². The number of rotatable bonds is 10. The molecule has 1 aliphatic rings. The Morgan fingerprint density at radius 2 is 1.96 bits per heavy atom. The van der Waals surface area contributed by atoms with E-state index < -0.39 is 0 Å². The first kappa shape index (κ1) is 22.3. The number of methoxy groups -OCH3 is 1. The van der Waals surface area contributed by atoms with Crippen molar-refractivity contribution in [2.24, 2.45) is 4.99 Å². The minimum Gasteiger partial charge on any atom is -0.497 e. The van der Waals surface area contributed by atoms with Gasteiger partial charge >= 0.3 is 0 Å². The second kappa shape index (κ2) is 11.7. The number of hydrogen-bond donors (Lipinski definition) is 1. The lowest BCUT2D eigenvalue weighted by Crippen LogP contribution is -2.48. The second-order valence-electron chi connectivity index (χ2n) is 7.58. The zero-order valence-electron chi connectivity index (χ0n) is 17.9. The zero-order valence-corrected chi connectivity index (χ0v) is 17.9. The predicted molar refractivity (Wildman–Crippen MR) is 117 cm³/mol. The number of aliphatic imine (C=N–C) groups is 1. The Balaban J connectivity index is 1.98. The van der Waals surface area contributed by atoms with Crippen LogP contribution in [0.25, 0.3) is 0 Å². The fourth-order valence-electron chi connectivity index (χ4n) is 3.83. The standard InChI is InChI=1S/C23H37N3O2/c1-5-6-7-8-9-16-26(3)22(24-2)25-19-23(14-17-28-18-15-23)20-10-12-21(27-4)13-11-20/h5,10-13H,1,6-9,14-19H2,2-4H3,(H,24,25). The van der Waals surface area contributed by atoms with Gasteiger partial charge in [0.1, 0.15) is 5.75 Å². The van der Waals surface area contributed by atoms with Gasteiger partial charge in [-0.15, -0.1) is 6.58 Å². The molecule has 0 aliphatic carbocycles. The highest BCUT2D eigenvalue weighted by Gasteiger charge is 2.34. The Morgan fingerprint density at radius 1 is 1.25 bits per heavy atom. The number of nitrogens with zero attached hydrogens (tertiary/aromatic N) is 2. The topological polar surface area (TPSA) is 46.1 Å². The maximum absolute atomic E-state index is 5.66. The molecule has 1 aromatic carbocycles. The summed E-state index contributed by atoms with van der Waals surface area (Å²) in [7, 11) is 5.69. The van der Waals surface area contributed by atoms with E-state index in [1.54, 1.807) is 7.11 Å². The lowest BCUT2D eigenvalue weighted by Gasteiger charge is -2.39. The molecule has 0 unspecified atom stereocenters. The molecule has 1 fully saturated rings. The van der Waals surface area contributed by atoms with Crippen LogP contribution in [0.15, 0.2) is 41.9 Å². The largest absolute Gasteiger partial charge is 0.497 e. The molecular formula is C23H37N3O2. The third-order valence-electron chi connectivity index (χ3n) is 5.71. The van der Waals surface area contributed by atoms with Crippen molar-refractivity contribution in [2.45, 2.75) is 43.9 Å². The summed E-state index contributed by atoms with van der Waals surface area (Å²) in [4.78, 5) is 6.73. The van der Waals surface area contributed by atoms with Crippen LogP contribution in [0, 0.1) is 0 Å². The molecule has 0 aromatic heterocycles. The molecule has 0 radical (unpaired) electrons. The SMILES string of the molecule is C=CCCCCCN(C)C(=NC)NCC1(c2ccc(OC)cc2)CCOCC1. The van der Waals surface area contributed by atoms with Gasteiger partial charge in [0.05, 0.1) is 7.11 Å². The zero-order chi connectivity index (χ0) is 20.2. The molecular weight excluding hydrogens is 350 g/mol. The molecule has 1 aromatic rings. The van der Waals surface area contributed by atoms with Crippen molar-refractivity contribution < 1.29 is 9.47 Å². The van der Waals surface area contributed by atoms with Crippen LogP contribution in [0.1, 0.15) is 44.1 Å². The number of hydrogen-bond acceptors (Lipinski definition) is 3. The lowest BCUT2D eigenvalue weighted by molar-refractivity contribution is 0.0512. The highest BCUT2D eigenvalue weighted by molar-refractivity contribution is 5.79. The summed E-state index contributed by atoms with van der Waals surface area (Å²) >= 11 is 0. The van der Waals surface area contributed by atoms with Crippen LogP contribution >= 0.6 is 0 Å². The van der Waals surface area contributed by atoms with Gasteiger partial charge in [0, 0.05) is 45.8 Å². The van der Waals surface area contributed by atoms with E-state index in [0.29, 0.717) is 0 Å². The van der Waals surface area contributed by atoms with E-state index in [1.807, 2.05) is 13.1 Å². The van der Waals surface area contributed by atoms with Crippen molar-refractivity contribution in [1.82, 2.24) is 10.2 Å². The maximum Gasteiger partial charge on any atom is 0.193 e. The van der Waals surface area contributed by atoms with Crippen molar-refractivity contribution in [2.75, 3.05) is 47.5 Å². The van der Waals surface area contributed by atoms with Gasteiger partial charge in [0.2, 0.25) is 0 Å². The first-order valence-corrected chi connectivity index (χ1v) is 10.4. The normalized spacial score (nSPS) is 16.5. The molecule has 0 saturated carbocycles. The van der Waals surface area contributed by atoms with Gasteiger partial charge in [-0.3, -0.25) is 4.99 Å². The van der Waals surface area contributed by atoms with Gasteiger partial charge in [0.25, 0.3) is 0 Å². The van der Waals surface area contributed by atoms with Crippen LogP contribution in [0.3, 0.4) is 0 Å². The average Bonchev–Trinajstić information content (AvgIpc) is 2.74. The van der Waals surface area contributed by atoms with Crippen LogP contribution in [0.5, 0.6) is 5.75 Å². The average molecular weight is 388 g/mol. The van der Waals surface area contributed by atoms with Crippen LogP contribution in [-0.2, 0) is 10.2 Å². The Hall–Kier alpha value is -2.01. The minimum absolute atomic E-state index is 0.0608. The molecule has 156 valence electrons. The molecule has 0 atom stereocenters. The number of benzene rings is 1. The molecule has 5 nitrogen and oxygen atoms in total. The van der Waals surface area contributed by atoms with E-state index in [0.717, 1.165) is 57.3 Å². The fraction of sp³-hybridized carbons (Fsp3) is 0.609. The van der Waals surface area contributed by atoms with E-state index in [1.165, 1.54) is 24.8 Å². The highest BCUT2D eigenvalue weighted by atomic mass is 16.5. The maximum atomic E-state index is 5.66. The summed E-state index contributed by atoms with van der Waals surface area (Å²) < 4.78 is 11.0. The van der Waals surface area contributed by atoms with Crippen molar-refractivity contribution in [3.05, 3.63) is 42.5 Å². The predicted octanol–water partition coefficient (Wildman–Crippen LogP) is 4.00. The van der Waals surface area contributed by atoms with E-state index in [-0.39, 0.29) is 5.41 Å². The molecule has 1 heterocycles. The summed E-state index contributed by atoms with van der Waals surface area (Å²) in [6.45, 7) is 7.25. The molecule has 0 amide bonds. The van der Waals surface area contributed by atoms with Gasteiger partial charge in [-0.2, -0.15) is 0 Å². The van der Waals surface area contributed by atoms with Crippen LogP contribution in [-0.4, -0.2) is 58.4 Å². The molecule has 1 aliphatic heterocycles. The summed E-state index contributed by atoms with van der Waals surface area (Å²) in [5, 5.41) is 3.63. The Labute approximate surface area is 170 Å². The van der Waals surface area contributed by atoms with Crippen molar-refractivity contribution in [1.29, 1.82) is 0 Å². The second-order valence-corrected chi connectivity index (χ2v) is 7.58. The Bertz CT molecular complexity index is 607. The number of unbranched alkanes of at least 4 members (excludes halogenated alkanes) is 3. The fourth-order valence-corrected chi connectivity index (χ4v) is 3.83. The monoisotopic (exact) mass is 387 g/mol. The van der Waals surface area contributed by atoms with E-state index in [9.17, 15) is 0 Å². The van der Waals surface area contributed by atoms with E-state index in [4.69, 9.17) is 9.47 Å². The van der Waals surface area contributed by atoms with Crippen LogP contribution < -0.4 is 10.1 Å². The minimum atomic E-state index is 0.0608. The summed E-state index contributed by atoms with van der Waals surface area (Å²) in [5.74, 6) is 1.86. The van der Waals surface area contributed by atoms with Crippen molar-refractivity contribution >= 4 is 5.96 Å². The molecule has 28 heavy (non-hydrogen) atoms. The molecule has 5 heteroatoms.